The summed E-state index contributed by atoms with van der Waals surface area (Å²) in [7, 11) is 0. The molecule has 0 amide bonds. The second-order valence-corrected chi connectivity index (χ2v) is 2.92. The van der Waals surface area contributed by atoms with Crippen LogP contribution in [-0.2, 0) is 4.79 Å². The summed E-state index contributed by atoms with van der Waals surface area (Å²) in [5.41, 5.74) is 0.681. The Hall–Kier alpha value is -0.590. The van der Waals surface area contributed by atoms with Gasteiger partial charge in [-0.25, -0.2) is 0 Å². The Labute approximate surface area is 63.1 Å². The second kappa shape index (κ2) is 4.26. The van der Waals surface area contributed by atoms with Crippen molar-refractivity contribution in [2.24, 2.45) is 5.92 Å². The molecule has 10 heavy (non-hydrogen) atoms. The normalized spacial score (nSPS) is 12.7. The predicted molar refractivity (Wildman–Crippen MR) is 43.9 cm³/mol. The number of Topliss-reactive ketones (excluding diaryl/α,β-unsaturated/α-hetero) is 1. The predicted octanol–water partition coefficient (Wildman–Crippen LogP) is 2.57. The summed E-state index contributed by atoms with van der Waals surface area (Å²) in [6.07, 6.45) is 1.73. The molecule has 0 aliphatic carbocycles. The van der Waals surface area contributed by atoms with E-state index >= 15 is 0 Å². The Bertz CT molecular complexity index is 136. The van der Waals surface area contributed by atoms with E-state index in [2.05, 4.69) is 20.4 Å². The van der Waals surface area contributed by atoms with Gasteiger partial charge in [-0.05, 0) is 18.4 Å². The van der Waals surface area contributed by atoms with Crippen molar-refractivity contribution >= 4 is 5.78 Å². The highest BCUT2D eigenvalue weighted by Gasteiger charge is 2.06. The van der Waals surface area contributed by atoms with E-state index < -0.39 is 0 Å². The molecular weight excluding hydrogens is 124 g/mol. The van der Waals surface area contributed by atoms with Gasteiger partial charge in [0.05, 0.1) is 0 Å². The first kappa shape index (κ1) is 9.41. The van der Waals surface area contributed by atoms with E-state index in [4.69, 9.17) is 0 Å². The van der Waals surface area contributed by atoms with Crippen molar-refractivity contribution in [1.29, 1.82) is 0 Å². The highest BCUT2D eigenvalue weighted by Crippen LogP contribution is 2.09. The van der Waals surface area contributed by atoms with Crippen molar-refractivity contribution in [3.05, 3.63) is 12.2 Å². The minimum atomic E-state index is 0.203. The van der Waals surface area contributed by atoms with E-state index in [-0.39, 0.29) is 5.78 Å². The van der Waals surface area contributed by atoms with Crippen LogP contribution in [0, 0.1) is 5.92 Å². The molecule has 1 atom stereocenters. The zero-order valence-electron chi connectivity index (χ0n) is 7.11. The summed E-state index contributed by atoms with van der Waals surface area (Å²) in [5, 5.41) is 0. The maximum atomic E-state index is 11.0. The Kier molecular flexibility index (Phi) is 4.01. The molecule has 0 N–H and O–H groups in total. The number of allylic oxidation sites excluding steroid dienone is 1. The fraction of sp³-hybridized carbons (Fsp3) is 0.667. The topological polar surface area (TPSA) is 17.1 Å². The molecule has 58 valence electrons. The van der Waals surface area contributed by atoms with E-state index in [9.17, 15) is 4.79 Å². The van der Waals surface area contributed by atoms with Crippen LogP contribution in [0.25, 0.3) is 0 Å². The van der Waals surface area contributed by atoms with E-state index in [1.165, 1.54) is 0 Å². The lowest BCUT2D eigenvalue weighted by molar-refractivity contribution is -0.116. The van der Waals surface area contributed by atoms with Gasteiger partial charge in [0.2, 0.25) is 0 Å². The Morgan fingerprint density at radius 3 is 2.40 bits per heavy atom. The third kappa shape index (κ3) is 3.44. The Morgan fingerprint density at radius 2 is 2.10 bits per heavy atom. The van der Waals surface area contributed by atoms with Crippen LogP contribution in [0.15, 0.2) is 12.2 Å². The Morgan fingerprint density at radius 1 is 1.60 bits per heavy atom. The first-order valence-electron chi connectivity index (χ1n) is 3.76. The van der Waals surface area contributed by atoms with E-state index in [0.29, 0.717) is 17.9 Å². The largest absolute Gasteiger partial charge is 0.295 e. The standard InChI is InChI=1S/C9H16O/c1-5-8(4)6-9(10)7(2)3/h8H,2,5-6H2,1,3-4H3/t8-/m0/s1. The van der Waals surface area contributed by atoms with E-state index in [1.54, 1.807) is 6.92 Å². The number of hydrogen-bond donors (Lipinski definition) is 0. The van der Waals surface area contributed by atoms with Gasteiger partial charge in [0.1, 0.15) is 0 Å². The van der Waals surface area contributed by atoms with Crippen LogP contribution in [0.5, 0.6) is 0 Å². The van der Waals surface area contributed by atoms with Crippen molar-refractivity contribution in [1.82, 2.24) is 0 Å². The van der Waals surface area contributed by atoms with Gasteiger partial charge in [0.15, 0.2) is 5.78 Å². The van der Waals surface area contributed by atoms with Gasteiger partial charge in [-0.3, -0.25) is 4.79 Å². The van der Waals surface area contributed by atoms with Crippen LogP contribution >= 0.6 is 0 Å². The van der Waals surface area contributed by atoms with Crippen LogP contribution < -0.4 is 0 Å². The lowest BCUT2D eigenvalue weighted by Gasteiger charge is -2.05. The van der Waals surface area contributed by atoms with Gasteiger partial charge < -0.3 is 0 Å². The minimum Gasteiger partial charge on any atom is -0.295 e. The van der Waals surface area contributed by atoms with Crippen LogP contribution in [-0.4, -0.2) is 5.78 Å². The molecule has 0 bridgehead atoms. The first-order valence-corrected chi connectivity index (χ1v) is 3.76. The minimum absolute atomic E-state index is 0.203. The van der Waals surface area contributed by atoms with Gasteiger partial charge in [0.25, 0.3) is 0 Å². The molecule has 0 aromatic heterocycles. The summed E-state index contributed by atoms with van der Waals surface area (Å²) in [4.78, 5) is 11.0. The lowest BCUT2D eigenvalue weighted by Crippen LogP contribution is -2.04. The van der Waals surface area contributed by atoms with E-state index in [0.717, 1.165) is 6.42 Å². The van der Waals surface area contributed by atoms with Gasteiger partial charge in [-0.2, -0.15) is 0 Å². The zero-order chi connectivity index (χ0) is 8.15. The molecule has 0 saturated carbocycles. The summed E-state index contributed by atoms with van der Waals surface area (Å²) in [6, 6.07) is 0. The smallest absolute Gasteiger partial charge is 0.158 e. The van der Waals surface area contributed by atoms with Crippen molar-refractivity contribution in [3.63, 3.8) is 0 Å². The second-order valence-electron chi connectivity index (χ2n) is 2.92. The zero-order valence-corrected chi connectivity index (χ0v) is 7.11. The average molecular weight is 140 g/mol. The third-order valence-corrected chi connectivity index (χ3v) is 1.71. The maximum absolute atomic E-state index is 11.0. The van der Waals surface area contributed by atoms with Gasteiger partial charge in [0, 0.05) is 6.42 Å². The fourth-order valence-electron chi connectivity index (χ4n) is 0.635. The molecule has 0 aromatic carbocycles. The highest BCUT2D eigenvalue weighted by molar-refractivity contribution is 5.94. The first-order chi connectivity index (χ1) is 4.57. The van der Waals surface area contributed by atoms with Crippen LogP contribution in [0.2, 0.25) is 0 Å². The number of carbonyl (C=O) groups is 1. The molecule has 1 nitrogen and oxygen atoms in total. The summed E-state index contributed by atoms with van der Waals surface area (Å²) >= 11 is 0. The van der Waals surface area contributed by atoms with Crippen LogP contribution in [0.3, 0.4) is 0 Å². The molecule has 1 heteroatoms. The summed E-state index contributed by atoms with van der Waals surface area (Å²) in [5.74, 6) is 0.707. The third-order valence-electron chi connectivity index (χ3n) is 1.71. The number of ketones is 1. The lowest BCUT2D eigenvalue weighted by atomic mass is 9.99. The molecule has 0 aromatic rings. The van der Waals surface area contributed by atoms with Crippen molar-refractivity contribution in [3.8, 4) is 0 Å². The Balaban J connectivity index is 3.68. The number of carbonyl (C=O) groups excluding carboxylic acids is 1. The number of hydrogen-bond acceptors (Lipinski definition) is 1. The molecule has 0 fully saturated rings. The number of rotatable bonds is 4. The quantitative estimate of drug-likeness (QED) is 0.548. The molecule has 0 rings (SSSR count). The maximum Gasteiger partial charge on any atom is 0.158 e. The van der Waals surface area contributed by atoms with Crippen molar-refractivity contribution in [2.45, 2.75) is 33.6 Å². The molecule has 0 aliphatic heterocycles. The molecule has 0 spiro atoms. The SMILES string of the molecule is C=C(C)C(=O)C[C@@H](C)CC. The summed E-state index contributed by atoms with van der Waals surface area (Å²) in [6.45, 7) is 9.54. The van der Waals surface area contributed by atoms with Gasteiger partial charge in [-0.1, -0.05) is 26.8 Å². The van der Waals surface area contributed by atoms with Crippen LogP contribution in [0.4, 0.5) is 0 Å². The summed E-state index contributed by atoms with van der Waals surface area (Å²) < 4.78 is 0. The average Bonchev–Trinajstić information content (AvgIpc) is 1.87. The van der Waals surface area contributed by atoms with Gasteiger partial charge >= 0.3 is 0 Å². The van der Waals surface area contributed by atoms with E-state index in [1.807, 2.05) is 0 Å². The molecule has 0 aliphatic rings. The molecule has 0 saturated heterocycles. The van der Waals surface area contributed by atoms with Crippen molar-refractivity contribution < 1.29 is 4.79 Å². The molecule has 0 heterocycles. The fourth-order valence-corrected chi connectivity index (χ4v) is 0.635. The molecule has 0 unspecified atom stereocenters. The molecule has 0 radical (unpaired) electrons. The van der Waals surface area contributed by atoms with Crippen molar-refractivity contribution in [2.75, 3.05) is 0 Å². The monoisotopic (exact) mass is 140 g/mol. The van der Waals surface area contributed by atoms with Gasteiger partial charge in [-0.15, -0.1) is 0 Å². The molecular formula is C9H16O. The highest BCUT2D eigenvalue weighted by atomic mass is 16.1. The van der Waals surface area contributed by atoms with Crippen LogP contribution in [0.1, 0.15) is 33.6 Å².